The van der Waals surface area contributed by atoms with Crippen molar-refractivity contribution in [3.05, 3.63) is 29.6 Å². The molecule has 3 heteroatoms. The Morgan fingerprint density at radius 1 is 1.20 bits per heavy atom. The third kappa shape index (κ3) is 1.64. The van der Waals surface area contributed by atoms with E-state index in [1.807, 2.05) is 0 Å². The lowest BCUT2D eigenvalue weighted by Gasteiger charge is -2.55. The van der Waals surface area contributed by atoms with Crippen molar-refractivity contribution in [2.75, 3.05) is 0 Å². The molecule has 0 amide bonds. The van der Waals surface area contributed by atoms with Gasteiger partial charge in [-0.25, -0.2) is 0 Å². The molecule has 102 valence electrons. The highest BCUT2D eigenvalue weighted by Crippen LogP contribution is 2.60. The number of nitriles is 1. The van der Waals surface area contributed by atoms with Crippen LogP contribution in [0.4, 0.5) is 0 Å². The molecular formula is C17H18N2O. The summed E-state index contributed by atoms with van der Waals surface area (Å²) in [4.78, 5) is 17.3. The zero-order chi connectivity index (χ0) is 13.7. The molecule has 0 aliphatic heterocycles. The molecule has 0 radical (unpaired) electrons. The van der Waals surface area contributed by atoms with E-state index in [-0.39, 0.29) is 11.2 Å². The van der Waals surface area contributed by atoms with Gasteiger partial charge in [0.15, 0.2) is 5.78 Å². The zero-order valence-electron chi connectivity index (χ0n) is 11.5. The molecule has 0 unspecified atom stereocenters. The zero-order valence-corrected chi connectivity index (χ0v) is 11.5. The van der Waals surface area contributed by atoms with Crippen molar-refractivity contribution in [1.29, 1.82) is 5.26 Å². The number of Topliss-reactive ketones (excluding diaryl/α,β-unsaturated/α-hetero) is 1. The Morgan fingerprint density at radius 3 is 2.35 bits per heavy atom. The number of carbonyl (C=O) groups is 1. The Labute approximate surface area is 119 Å². The molecule has 0 spiro atoms. The Balaban J connectivity index is 1.74. The summed E-state index contributed by atoms with van der Waals surface area (Å²) in [7, 11) is 0. The first-order valence-corrected chi connectivity index (χ1v) is 7.60. The van der Waals surface area contributed by atoms with Crippen molar-refractivity contribution in [2.24, 2.45) is 23.2 Å². The van der Waals surface area contributed by atoms with Crippen LogP contribution in [0.1, 0.15) is 54.6 Å². The van der Waals surface area contributed by atoms with Crippen LogP contribution >= 0.6 is 0 Å². The minimum atomic E-state index is -0.200. The van der Waals surface area contributed by atoms with Gasteiger partial charge in [0.05, 0.1) is 5.56 Å². The van der Waals surface area contributed by atoms with Gasteiger partial charge >= 0.3 is 0 Å². The monoisotopic (exact) mass is 266 g/mol. The Bertz CT molecular complexity index is 578. The molecule has 3 nitrogen and oxygen atoms in total. The summed E-state index contributed by atoms with van der Waals surface area (Å²) >= 11 is 0. The molecule has 0 atom stereocenters. The average molecular weight is 266 g/mol. The number of ketones is 1. The highest BCUT2D eigenvalue weighted by Gasteiger charge is 2.55. The predicted molar refractivity (Wildman–Crippen MR) is 73.9 cm³/mol. The molecule has 1 aromatic rings. The van der Waals surface area contributed by atoms with Gasteiger partial charge in [0.2, 0.25) is 0 Å². The molecule has 4 fully saturated rings. The summed E-state index contributed by atoms with van der Waals surface area (Å²) in [5, 5.41) is 9.21. The number of rotatable bonds is 2. The molecule has 0 saturated heterocycles. The number of hydrogen-bond donors (Lipinski definition) is 0. The Hall–Kier alpha value is -1.69. The second kappa shape index (κ2) is 4.15. The highest BCUT2D eigenvalue weighted by atomic mass is 16.1. The van der Waals surface area contributed by atoms with E-state index in [0.717, 1.165) is 37.0 Å². The molecule has 0 aromatic carbocycles. The van der Waals surface area contributed by atoms with Crippen molar-refractivity contribution in [2.45, 2.75) is 38.5 Å². The average Bonchev–Trinajstić information content (AvgIpc) is 2.45. The van der Waals surface area contributed by atoms with Gasteiger partial charge in [0.1, 0.15) is 11.8 Å². The Kier molecular flexibility index (Phi) is 2.51. The summed E-state index contributed by atoms with van der Waals surface area (Å²) in [5.74, 6) is 2.35. The first kappa shape index (κ1) is 12.1. The Morgan fingerprint density at radius 2 is 1.80 bits per heavy atom. The topological polar surface area (TPSA) is 53.8 Å². The molecule has 20 heavy (non-hydrogen) atoms. The van der Waals surface area contributed by atoms with Crippen molar-refractivity contribution in [3.8, 4) is 6.07 Å². The van der Waals surface area contributed by atoms with Gasteiger partial charge in [-0.3, -0.25) is 9.78 Å². The van der Waals surface area contributed by atoms with Gasteiger partial charge in [0, 0.05) is 11.6 Å². The van der Waals surface area contributed by atoms with Crippen LogP contribution in [-0.4, -0.2) is 10.8 Å². The SMILES string of the molecule is N#Cc1cccnc1C(=O)C12CC3CC(CC(C3)C1)C2. The van der Waals surface area contributed by atoms with Gasteiger partial charge in [-0.15, -0.1) is 0 Å². The number of hydrogen-bond acceptors (Lipinski definition) is 3. The second-order valence-corrected chi connectivity index (χ2v) is 7.04. The standard InChI is InChI=1S/C17H18N2O/c18-10-14-2-1-3-19-15(14)16(20)17-7-11-4-12(8-17)6-13(5-11)9-17/h1-3,11-13H,4-9H2. The maximum atomic E-state index is 13.1. The largest absolute Gasteiger partial charge is 0.292 e. The summed E-state index contributed by atoms with van der Waals surface area (Å²) < 4.78 is 0. The normalized spacial score (nSPS) is 37.6. The summed E-state index contributed by atoms with van der Waals surface area (Å²) in [6.07, 6.45) is 8.67. The van der Waals surface area contributed by atoms with Gasteiger partial charge in [-0.05, 0) is 68.4 Å². The second-order valence-electron chi connectivity index (χ2n) is 7.04. The van der Waals surface area contributed by atoms with Gasteiger partial charge in [0.25, 0.3) is 0 Å². The van der Waals surface area contributed by atoms with Crippen molar-refractivity contribution < 1.29 is 4.79 Å². The van der Waals surface area contributed by atoms with Gasteiger partial charge < -0.3 is 0 Å². The van der Waals surface area contributed by atoms with E-state index >= 15 is 0 Å². The van der Waals surface area contributed by atoms with Crippen LogP contribution in [0.3, 0.4) is 0 Å². The lowest BCUT2D eigenvalue weighted by atomic mass is 9.48. The quantitative estimate of drug-likeness (QED) is 0.771. The molecule has 4 saturated carbocycles. The van der Waals surface area contributed by atoms with E-state index in [1.54, 1.807) is 18.3 Å². The van der Waals surface area contributed by atoms with Gasteiger partial charge in [-0.1, -0.05) is 0 Å². The van der Waals surface area contributed by atoms with Crippen LogP contribution in [-0.2, 0) is 0 Å². The molecular weight excluding hydrogens is 248 g/mol. The molecule has 4 bridgehead atoms. The van der Waals surface area contributed by atoms with Crippen LogP contribution in [0.25, 0.3) is 0 Å². The van der Waals surface area contributed by atoms with E-state index < -0.39 is 0 Å². The fourth-order valence-corrected chi connectivity index (χ4v) is 5.32. The summed E-state index contributed by atoms with van der Waals surface area (Å²) in [6, 6.07) is 5.57. The smallest absolute Gasteiger partial charge is 0.188 e. The summed E-state index contributed by atoms with van der Waals surface area (Å²) in [5.41, 5.74) is 0.652. The van der Waals surface area contributed by atoms with Gasteiger partial charge in [-0.2, -0.15) is 5.26 Å². The van der Waals surface area contributed by atoms with Crippen LogP contribution in [0.2, 0.25) is 0 Å². The van der Waals surface area contributed by atoms with E-state index in [4.69, 9.17) is 0 Å². The van der Waals surface area contributed by atoms with E-state index in [0.29, 0.717) is 11.3 Å². The predicted octanol–water partition coefficient (Wildman–Crippen LogP) is 3.35. The van der Waals surface area contributed by atoms with Crippen molar-refractivity contribution >= 4 is 5.78 Å². The van der Waals surface area contributed by atoms with E-state index in [9.17, 15) is 10.1 Å². The molecule has 1 aromatic heterocycles. The van der Waals surface area contributed by atoms with Crippen LogP contribution in [0.15, 0.2) is 18.3 Å². The number of carbonyl (C=O) groups excluding carboxylic acids is 1. The number of pyridine rings is 1. The molecule has 1 heterocycles. The molecule has 4 aliphatic carbocycles. The third-order valence-corrected chi connectivity index (χ3v) is 5.66. The first-order valence-electron chi connectivity index (χ1n) is 7.60. The van der Waals surface area contributed by atoms with Crippen molar-refractivity contribution in [3.63, 3.8) is 0 Å². The van der Waals surface area contributed by atoms with E-state index in [1.165, 1.54) is 19.3 Å². The van der Waals surface area contributed by atoms with E-state index in [2.05, 4.69) is 11.1 Å². The fraction of sp³-hybridized carbons (Fsp3) is 0.588. The van der Waals surface area contributed by atoms with Crippen LogP contribution in [0.5, 0.6) is 0 Å². The first-order chi connectivity index (χ1) is 9.70. The minimum absolute atomic E-state index is 0.147. The minimum Gasteiger partial charge on any atom is -0.292 e. The molecule has 5 rings (SSSR count). The maximum absolute atomic E-state index is 13.1. The lowest BCUT2D eigenvalue weighted by molar-refractivity contribution is -0.0355. The van der Waals surface area contributed by atoms with Crippen LogP contribution < -0.4 is 0 Å². The molecule has 4 aliphatic rings. The van der Waals surface area contributed by atoms with Crippen molar-refractivity contribution in [1.82, 2.24) is 4.98 Å². The van der Waals surface area contributed by atoms with Crippen LogP contribution in [0, 0.1) is 34.5 Å². The maximum Gasteiger partial charge on any atom is 0.188 e. The lowest BCUT2D eigenvalue weighted by Crippen LogP contribution is -2.50. The number of nitrogens with zero attached hydrogens (tertiary/aromatic N) is 2. The summed E-state index contributed by atoms with van der Waals surface area (Å²) in [6.45, 7) is 0. The fourth-order valence-electron chi connectivity index (χ4n) is 5.32. The highest BCUT2D eigenvalue weighted by molar-refractivity contribution is 6.01. The molecule has 0 N–H and O–H groups in total. The third-order valence-electron chi connectivity index (χ3n) is 5.66. The number of aromatic nitrogens is 1.